The zero-order chi connectivity index (χ0) is 42.7. The van der Waals surface area contributed by atoms with Gasteiger partial charge in [0.1, 0.15) is 54.4 Å². The van der Waals surface area contributed by atoms with E-state index in [1.807, 2.05) is 0 Å². The first-order valence-corrected chi connectivity index (χ1v) is 22.7. The third-order valence-corrected chi connectivity index (χ3v) is 17.4. The molecule has 8 fully saturated rings. The standard InChI is InChI=1S/C44H70O16/c1-20-8-13-44(54-17-20)21(2)30-28(60-44)15-27-25-7-6-23-14-24(9-11-41(23,4)26(25)10-12-42(27,30)5)56-39-36(59-40-37(51)43(52,18-46)19-53-40)34(50)35(29(16-45)57-39)58-38-33(49)32(48)31(47)22(3)55-38/h6,20-22,24-40,45-52H,7-19H2,1-5H3/t20-,21+,22+,24+,25-,26+,27+,28+,29-,30+,31+,32-,33-,34+,35-,36-,37+,38+,39-,40+,41+,42+,43-,44-/m1/s1. The maximum atomic E-state index is 11.9. The smallest absolute Gasteiger partial charge is 0.187 e. The molecule has 60 heavy (non-hydrogen) atoms. The lowest BCUT2D eigenvalue weighted by molar-refractivity contribution is -0.375. The molecule has 0 aromatic heterocycles. The average molecular weight is 855 g/mol. The molecule has 8 N–H and O–H groups in total. The van der Waals surface area contributed by atoms with E-state index in [1.54, 1.807) is 0 Å². The quantitative estimate of drug-likeness (QED) is 0.158. The largest absolute Gasteiger partial charge is 0.394 e. The summed E-state index contributed by atoms with van der Waals surface area (Å²) < 4.78 is 49.8. The monoisotopic (exact) mass is 854 g/mol. The van der Waals surface area contributed by atoms with E-state index in [0.29, 0.717) is 48.3 Å². The van der Waals surface area contributed by atoms with E-state index in [-0.39, 0.29) is 23.0 Å². The Labute approximate surface area is 352 Å². The first-order chi connectivity index (χ1) is 28.5. The molecule has 0 aromatic rings. The lowest BCUT2D eigenvalue weighted by atomic mass is 9.47. The normalized spacial score (nSPS) is 57.7. The zero-order valence-corrected chi connectivity index (χ0v) is 35.7. The zero-order valence-electron chi connectivity index (χ0n) is 35.7. The Morgan fingerprint density at radius 3 is 2.27 bits per heavy atom. The minimum Gasteiger partial charge on any atom is -0.394 e. The number of ether oxygens (including phenoxy) is 8. The number of allylic oxidation sites excluding steroid dienone is 1. The van der Waals surface area contributed by atoms with Crippen LogP contribution in [0.2, 0.25) is 0 Å². The molecule has 9 rings (SSSR count). The molecule has 0 bridgehead atoms. The van der Waals surface area contributed by atoms with Crippen molar-refractivity contribution in [2.24, 2.45) is 46.3 Å². The van der Waals surface area contributed by atoms with Crippen molar-refractivity contribution in [3.8, 4) is 0 Å². The van der Waals surface area contributed by atoms with Gasteiger partial charge in [-0.15, -0.1) is 0 Å². The number of rotatable bonds is 8. The van der Waals surface area contributed by atoms with Gasteiger partial charge in [-0.3, -0.25) is 0 Å². The second-order valence-corrected chi connectivity index (χ2v) is 20.8. The van der Waals surface area contributed by atoms with Gasteiger partial charge in [0.15, 0.2) is 24.7 Å². The molecule has 3 saturated carbocycles. The fourth-order valence-electron chi connectivity index (χ4n) is 13.8. The number of hydrogen-bond donors (Lipinski definition) is 8. The van der Waals surface area contributed by atoms with Crippen molar-refractivity contribution in [3.63, 3.8) is 0 Å². The molecule has 0 unspecified atom stereocenters. The van der Waals surface area contributed by atoms with Crippen LogP contribution in [0.3, 0.4) is 0 Å². The Morgan fingerprint density at radius 2 is 1.57 bits per heavy atom. The summed E-state index contributed by atoms with van der Waals surface area (Å²) in [4.78, 5) is 0. The Balaban J connectivity index is 0.910. The van der Waals surface area contributed by atoms with Crippen molar-refractivity contribution in [2.75, 3.05) is 26.4 Å². The molecular formula is C44H70O16. The number of hydrogen-bond acceptors (Lipinski definition) is 16. The van der Waals surface area contributed by atoms with Gasteiger partial charge < -0.3 is 78.7 Å². The Bertz CT molecular complexity index is 1580. The van der Waals surface area contributed by atoms with Crippen LogP contribution in [-0.2, 0) is 37.9 Å². The fourth-order valence-corrected chi connectivity index (χ4v) is 13.8. The number of aliphatic hydroxyl groups is 8. The first kappa shape index (κ1) is 44.3. The van der Waals surface area contributed by atoms with Gasteiger partial charge in [-0.25, -0.2) is 0 Å². The SMILES string of the molecule is C[C@@H]1CC[C@@]2(OC1)O[C@H]1C[C@H]3[C@@H]4CC=C5C[C@@H](O[C@@H]6O[C@H](CO)[C@@H](O[C@@H]7O[C@@H](C)[C@H](O)[C@@H](O)[C@H]7O)[C@H](O)[C@H]6O[C@@H]6OC[C@](O)(CO)[C@H]6O)CC[C@]5(C)[C@H]4CC[C@]3(C)[C@H]1[C@@H]2C. The van der Waals surface area contributed by atoms with Gasteiger partial charge in [-0.2, -0.15) is 0 Å². The molecule has 1 spiro atoms. The Hall–Kier alpha value is -0.900. The molecule has 0 amide bonds. The van der Waals surface area contributed by atoms with Gasteiger partial charge in [0.05, 0.1) is 44.7 Å². The molecule has 5 saturated heterocycles. The Kier molecular flexibility index (Phi) is 12.0. The second-order valence-electron chi connectivity index (χ2n) is 20.8. The third-order valence-electron chi connectivity index (χ3n) is 17.4. The average Bonchev–Trinajstić information content (AvgIpc) is 3.80. The highest BCUT2D eigenvalue weighted by Gasteiger charge is 2.69. The molecule has 16 nitrogen and oxygen atoms in total. The summed E-state index contributed by atoms with van der Waals surface area (Å²) in [5, 5.41) is 85.2. The summed E-state index contributed by atoms with van der Waals surface area (Å²) in [5.74, 6) is 2.65. The minimum atomic E-state index is -2.01. The van der Waals surface area contributed by atoms with Gasteiger partial charge in [0.25, 0.3) is 0 Å². The highest BCUT2D eigenvalue weighted by atomic mass is 16.8. The van der Waals surface area contributed by atoms with E-state index in [0.717, 1.165) is 45.1 Å². The number of aliphatic hydroxyl groups excluding tert-OH is 7. The fraction of sp³-hybridized carbons (Fsp3) is 0.955. The predicted molar refractivity (Wildman–Crippen MR) is 208 cm³/mol. The minimum absolute atomic E-state index is 0.0137. The Morgan fingerprint density at radius 1 is 0.800 bits per heavy atom. The van der Waals surface area contributed by atoms with Crippen LogP contribution in [0, 0.1) is 46.3 Å². The molecular weight excluding hydrogens is 784 g/mol. The van der Waals surface area contributed by atoms with Crippen LogP contribution in [0.15, 0.2) is 11.6 Å². The maximum absolute atomic E-state index is 11.9. The molecule has 0 aromatic carbocycles. The van der Waals surface area contributed by atoms with Gasteiger partial charge in [-0.1, -0.05) is 39.3 Å². The van der Waals surface area contributed by atoms with E-state index in [4.69, 9.17) is 37.9 Å². The van der Waals surface area contributed by atoms with E-state index in [9.17, 15) is 40.9 Å². The van der Waals surface area contributed by atoms with Crippen LogP contribution >= 0.6 is 0 Å². The van der Waals surface area contributed by atoms with Crippen molar-refractivity contribution < 1.29 is 78.7 Å². The lowest BCUT2D eigenvalue weighted by Gasteiger charge is -2.58. The van der Waals surface area contributed by atoms with Gasteiger partial charge in [0.2, 0.25) is 0 Å². The van der Waals surface area contributed by atoms with Crippen LogP contribution in [0.25, 0.3) is 0 Å². The topological polar surface area (TPSA) is 236 Å². The van der Waals surface area contributed by atoms with Crippen LogP contribution in [-0.4, -0.2) is 165 Å². The summed E-state index contributed by atoms with van der Waals surface area (Å²) in [6, 6.07) is 0. The van der Waals surface area contributed by atoms with Gasteiger partial charge in [0, 0.05) is 12.3 Å². The van der Waals surface area contributed by atoms with E-state index >= 15 is 0 Å². The second kappa shape index (κ2) is 16.2. The predicted octanol–water partition coefficient (Wildman–Crippen LogP) is 0.855. The first-order valence-electron chi connectivity index (χ1n) is 22.7. The van der Waals surface area contributed by atoms with Crippen molar-refractivity contribution in [2.45, 2.75) is 190 Å². The van der Waals surface area contributed by atoms with Crippen molar-refractivity contribution in [1.82, 2.24) is 0 Å². The third kappa shape index (κ3) is 7.01. The van der Waals surface area contributed by atoms with Crippen molar-refractivity contribution in [3.05, 3.63) is 11.6 Å². The van der Waals surface area contributed by atoms with Crippen LogP contribution in [0.1, 0.15) is 92.4 Å². The number of fused-ring (bicyclic) bond motifs is 7. The van der Waals surface area contributed by atoms with Crippen LogP contribution < -0.4 is 0 Å². The molecule has 342 valence electrons. The molecule has 0 radical (unpaired) electrons. The maximum Gasteiger partial charge on any atom is 0.187 e. The van der Waals surface area contributed by atoms with Crippen molar-refractivity contribution >= 4 is 0 Å². The molecule has 5 heterocycles. The van der Waals surface area contributed by atoms with Crippen molar-refractivity contribution in [1.29, 1.82) is 0 Å². The molecule has 5 aliphatic heterocycles. The van der Waals surface area contributed by atoms with Gasteiger partial charge >= 0.3 is 0 Å². The summed E-state index contributed by atoms with van der Waals surface area (Å²) >= 11 is 0. The van der Waals surface area contributed by atoms with E-state index < -0.39 is 105 Å². The summed E-state index contributed by atoms with van der Waals surface area (Å²) in [6.45, 7) is 9.98. The summed E-state index contributed by atoms with van der Waals surface area (Å²) in [5.41, 5.74) is -0.474. The van der Waals surface area contributed by atoms with Crippen LogP contribution in [0.5, 0.6) is 0 Å². The molecule has 4 aliphatic carbocycles. The van der Waals surface area contributed by atoms with E-state index in [1.165, 1.54) is 18.9 Å². The molecule has 9 aliphatic rings. The molecule has 24 atom stereocenters. The van der Waals surface area contributed by atoms with Crippen LogP contribution in [0.4, 0.5) is 0 Å². The highest BCUT2D eigenvalue weighted by Crippen LogP contribution is 2.70. The summed E-state index contributed by atoms with van der Waals surface area (Å²) in [7, 11) is 0. The van der Waals surface area contributed by atoms with Gasteiger partial charge in [-0.05, 0) is 98.7 Å². The lowest BCUT2D eigenvalue weighted by Crippen LogP contribution is -2.65. The summed E-state index contributed by atoms with van der Waals surface area (Å²) in [6.07, 6.45) is -6.31. The molecule has 16 heteroatoms. The van der Waals surface area contributed by atoms with E-state index in [2.05, 4.69) is 33.8 Å². The highest BCUT2D eigenvalue weighted by molar-refractivity contribution is 5.26.